The molecule has 19 heavy (non-hydrogen) atoms. The van der Waals surface area contributed by atoms with Crippen LogP contribution in [0.5, 0.6) is 11.5 Å². The molecule has 5 nitrogen and oxygen atoms in total. The minimum absolute atomic E-state index is 0.129. The molecule has 2 amide bonds. The summed E-state index contributed by atoms with van der Waals surface area (Å²) in [7, 11) is 0. The van der Waals surface area contributed by atoms with Gasteiger partial charge in [-0.2, -0.15) is 0 Å². The number of para-hydroxylation sites is 1. The summed E-state index contributed by atoms with van der Waals surface area (Å²) in [6, 6.07) is 10.5. The Hall–Kier alpha value is -2.21. The average molecular weight is 323 g/mol. The molecule has 2 rings (SSSR count). The fourth-order valence-electron chi connectivity index (χ4n) is 1.51. The number of phenolic OH excluding ortho intramolecular Hbond substituents is 2. The normalized spacial score (nSPS) is 9.95. The van der Waals surface area contributed by atoms with Crippen molar-refractivity contribution in [1.29, 1.82) is 0 Å². The maximum absolute atomic E-state index is 11.8. The van der Waals surface area contributed by atoms with Crippen molar-refractivity contribution in [2.75, 3.05) is 10.6 Å². The van der Waals surface area contributed by atoms with Gasteiger partial charge in [-0.05, 0) is 28.1 Å². The Morgan fingerprint density at radius 3 is 2.26 bits per heavy atom. The van der Waals surface area contributed by atoms with Crippen molar-refractivity contribution in [2.24, 2.45) is 0 Å². The molecule has 0 fully saturated rings. The third-order valence-electron chi connectivity index (χ3n) is 2.28. The average Bonchev–Trinajstić information content (AvgIpc) is 2.30. The summed E-state index contributed by atoms with van der Waals surface area (Å²) in [5.41, 5.74) is 0.909. The van der Waals surface area contributed by atoms with Gasteiger partial charge in [-0.25, -0.2) is 4.79 Å². The number of rotatable bonds is 2. The molecule has 0 unspecified atom stereocenters. The maximum atomic E-state index is 11.8. The number of carbonyl (C=O) groups excluding carboxylic acids is 1. The first-order valence-electron chi connectivity index (χ1n) is 5.40. The third kappa shape index (κ3) is 3.62. The largest absolute Gasteiger partial charge is 0.508 e. The molecule has 0 atom stereocenters. The molecule has 98 valence electrons. The van der Waals surface area contributed by atoms with Crippen molar-refractivity contribution in [1.82, 2.24) is 0 Å². The monoisotopic (exact) mass is 322 g/mol. The van der Waals surface area contributed by atoms with Gasteiger partial charge < -0.3 is 20.8 Å². The van der Waals surface area contributed by atoms with Crippen molar-refractivity contribution in [2.45, 2.75) is 0 Å². The number of halogens is 1. The molecule has 0 aliphatic heterocycles. The zero-order valence-corrected chi connectivity index (χ0v) is 11.3. The highest BCUT2D eigenvalue weighted by molar-refractivity contribution is 9.10. The van der Waals surface area contributed by atoms with E-state index in [-0.39, 0.29) is 11.5 Å². The molecule has 0 radical (unpaired) electrons. The third-order valence-corrected chi connectivity index (χ3v) is 2.97. The SMILES string of the molecule is O=C(Nc1cc(O)cc(O)c1)Nc1ccccc1Br. The Kier molecular flexibility index (Phi) is 3.91. The summed E-state index contributed by atoms with van der Waals surface area (Å²) in [6.45, 7) is 0. The number of hydrogen-bond donors (Lipinski definition) is 4. The molecule has 6 heteroatoms. The van der Waals surface area contributed by atoms with E-state index in [1.165, 1.54) is 18.2 Å². The second-order valence-electron chi connectivity index (χ2n) is 3.80. The molecule has 0 spiro atoms. The molecule has 4 N–H and O–H groups in total. The van der Waals surface area contributed by atoms with Crippen LogP contribution >= 0.6 is 15.9 Å². The van der Waals surface area contributed by atoms with E-state index in [0.29, 0.717) is 11.4 Å². The summed E-state index contributed by atoms with van der Waals surface area (Å²) in [4.78, 5) is 11.8. The van der Waals surface area contributed by atoms with Gasteiger partial charge in [0.15, 0.2) is 0 Å². The van der Waals surface area contributed by atoms with Crippen molar-refractivity contribution < 1.29 is 15.0 Å². The van der Waals surface area contributed by atoms with Gasteiger partial charge in [0.25, 0.3) is 0 Å². The number of aromatic hydroxyl groups is 2. The van der Waals surface area contributed by atoms with Crippen molar-refractivity contribution in [3.8, 4) is 11.5 Å². The summed E-state index contributed by atoms with van der Waals surface area (Å²) in [6.07, 6.45) is 0. The van der Waals surface area contributed by atoms with E-state index in [4.69, 9.17) is 0 Å². The van der Waals surface area contributed by atoms with E-state index in [0.717, 1.165) is 4.47 Å². The summed E-state index contributed by atoms with van der Waals surface area (Å²) in [5.74, 6) is -0.257. The molecule has 0 aliphatic carbocycles. The Labute approximate surface area is 118 Å². The van der Waals surface area contributed by atoms with Crippen LogP contribution in [0.25, 0.3) is 0 Å². The molecule has 0 bridgehead atoms. The van der Waals surface area contributed by atoms with Crippen molar-refractivity contribution in [3.63, 3.8) is 0 Å². The first-order chi connectivity index (χ1) is 9.04. The van der Waals surface area contributed by atoms with Crippen molar-refractivity contribution in [3.05, 3.63) is 46.9 Å². The molecular weight excluding hydrogens is 312 g/mol. The van der Waals surface area contributed by atoms with Crippen LogP contribution in [0.15, 0.2) is 46.9 Å². The van der Waals surface area contributed by atoms with Crippen LogP contribution < -0.4 is 10.6 Å². The molecular formula is C13H11BrN2O3. The Bertz CT molecular complexity index is 596. The lowest BCUT2D eigenvalue weighted by Gasteiger charge is -2.09. The molecule has 0 aliphatic rings. The lowest BCUT2D eigenvalue weighted by Crippen LogP contribution is -2.19. The maximum Gasteiger partial charge on any atom is 0.323 e. The van der Waals surface area contributed by atoms with Crippen LogP contribution in [-0.2, 0) is 0 Å². The van der Waals surface area contributed by atoms with Crippen LogP contribution in [0.2, 0.25) is 0 Å². The molecule has 2 aromatic carbocycles. The van der Waals surface area contributed by atoms with E-state index in [9.17, 15) is 15.0 Å². The van der Waals surface area contributed by atoms with Gasteiger partial charge in [-0.15, -0.1) is 0 Å². The van der Waals surface area contributed by atoms with E-state index >= 15 is 0 Å². The highest BCUT2D eigenvalue weighted by Crippen LogP contribution is 2.25. The fourth-order valence-corrected chi connectivity index (χ4v) is 1.90. The van der Waals surface area contributed by atoms with E-state index < -0.39 is 6.03 Å². The Morgan fingerprint density at radius 2 is 1.63 bits per heavy atom. The smallest absolute Gasteiger partial charge is 0.323 e. The van der Waals surface area contributed by atoms with Gasteiger partial charge in [0, 0.05) is 28.4 Å². The predicted molar refractivity (Wildman–Crippen MR) is 76.6 cm³/mol. The molecule has 2 aromatic rings. The van der Waals surface area contributed by atoms with Gasteiger partial charge in [-0.1, -0.05) is 12.1 Å². The highest BCUT2D eigenvalue weighted by Gasteiger charge is 2.06. The van der Waals surface area contributed by atoms with Gasteiger partial charge >= 0.3 is 6.03 Å². The number of urea groups is 1. The van der Waals surface area contributed by atoms with Crippen LogP contribution in [0.3, 0.4) is 0 Å². The standard InChI is InChI=1S/C13H11BrN2O3/c14-11-3-1-2-4-12(11)16-13(19)15-8-5-9(17)7-10(18)6-8/h1-7,17-18H,(H2,15,16,19). The quantitative estimate of drug-likeness (QED) is 0.683. The fraction of sp³-hybridized carbons (Fsp3) is 0. The van der Waals surface area contributed by atoms with Gasteiger partial charge in [0.05, 0.1) is 5.69 Å². The van der Waals surface area contributed by atoms with Crippen LogP contribution in [0.1, 0.15) is 0 Å². The van der Waals surface area contributed by atoms with Crippen LogP contribution in [0.4, 0.5) is 16.2 Å². The van der Waals surface area contributed by atoms with Gasteiger partial charge in [0.1, 0.15) is 11.5 Å². The number of carbonyl (C=O) groups is 1. The summed E-state index contributed by atoms with van der Waals surface area (Å²) >= 11 is 3.31. The Balaban J connectivity index is 2.07. The number of hydrogen-bond acceptors (Lipinski definition) is 3. The number of amides is 2. The van der Waals surface area contributed by atoms with E-state index in [1.807, 2.05) is 6.07 Å². The first kappa shape index (κ1) is 13.2. The minimum atomic E-state index is -0.475. The van der Waals surface area contributed by atoms with Gasteiger partial charge in [0.2, 0.25) is 0 Å². The highest BCUT2D eigenvalue weighted by atomic mass is 79.9. The van der Waals surface area contributed by atoms with Gasteiger partial charge in [-0.3, -0.25) is 0 Å². The molecule has 0 saturated heterocycles. The number of nitrogens with one attached hydrogen (secondary N) is 2. The number of benzene rings is 2. The van der Waals surface area contributed by atoms with Crippen molar-refractivity contribution >= 4 is 33.3 Å². The topological polar surface area (TPSA) is 81.6 Å². The van der Waals surface area contributed by atoms with E-state index in [2.05, 4.69) is 26.6 Å². The second kappa shape index (κ2) is 5.62. The van der Waals surface area contributed by atoms with Crippen LogP contribution in [-0.4, -0.2) is 16.2 Å². The predicted octanol–water partition coefficient (Wildman–Crippen LogP) is 3.50. The van der Waals surface area contributed by atoms with E-state index in [1.54, 1.807) is 18.2 Å². The Morgan fingerprint density at radius 1 is 1.00 bits per heavy atom. The summed E-state index contributed by atoms with van der Waals surface area (Å²) < 4.78 is 0.754. The molecule has 0 saturated carbocycles. The number of phenols is 2. The number of anilines is 2. The zero-order chi connectivity index (χ0) is 13.8. The lowest BCUT2D eigenvalue weighted by atomic mass is 10.3. The second-order valence-corrected chi connectivity index (χ2v) is 4.65. The lowest BCUT2D eigenvalue weighted by molar-refractivity contribution is 0.262. The zero-order valence-electron chi connectivity index (χ0n) is 9.72. The minimum Gasteiger partial charge on any atom is -0.508 e. The first-order valence-corrected chi connectivity index (χ1v) is 6.19. The molecule has 0 aromatic heterocycles. The molecule has 0 heterocycles. The summed E-state index contributed by atoms with van der Waals surface area (Å²) in [5, 5.41) is 23.7. The van der Waals surface area contributed by atoms with Crippen LogP contribution in [0, 0.1) is 0 Å².